The number of nitrogen functional groups attached to an aromatic ring is 1. The van der Waals surface area contributed by atoms with Crippen LogP contribution in [0, 0.1) is 5.92 Å². The summed E-state index contributed by atoms with van der Waals surface area (Å²) in [5.74, 6) is 1.46. The van der Waals surface area contributed by atoms with Gasteiger partial charge in [-0.3, -0.25) is 0 Å². The van der Waals surface area contributed by atoms with Crippen LogP contribution in [0.1, 0.15) is 19.4 Å². The van der Waals surface area contributed by atoms with E-state index in [1.165, 1.54) is 5.56 Å². The molecule has 0 amide bonds. The lowest BCUT2D eigenvalue weighted by Gasteiger charge is -1.98. The number of aromatic nitrogens is 1. The third-order valence-electron chi connectivity index (χ3n) is 1.41. The number of hydrogen-bond donors (Lipinski definition) is 2. The molecule has 0 saturated carbocycles. The van der Waals surface area contributed by atoms with Crippen LogP contribution in [0.25, 0.3) is 0 Å². The molecule has 0 aromatic carbocycles. The number of aromatic amines is 1. The van der Waals surface area contributed by atoms with E-state index in [0.717, 1.165) is 12.2 Å². The maximum absolute atomic E-state index is 5.50. The molecule has 1 aromatic heterocycles. The van der Waals surface area contributed by atoms with Gasteiger partial charge in [-0.15, -0.1) is 0 Å². The maximum atomic E-state index is 5.50. The average molecular weight is 138 g/mol. The van der Waals surface area contributed by atoms with Gasteiger partial charge in [-0.2, -0.15) is 0 Å². The highest BCUT2D eigenvalue weighted by molar-refractivity contribution is 5.33. The summed E-state index contributed by atoms with van der Waals surface area (Å²) in [7, 11) is 0. The molecule has 0 atom stereocenters. The van der Waals surface area contributed by atoms with Crippen LogP contribution in [0.2, 0.25) is 0 Å². The van der Waals surface area contributed by atoms with Crippen LogP contribution in [-0.4, -0.2) is 4.98 Å². The van der Waals surface area contributed by atoms with Crippen LogP contribution in [0.15, 0.2) is 12.3 Å². The zero-order valence-electron chi connectivity index (χ0n) is 6.52. The Morgan fingerprint density at radius 1 is 1.60 bits per heavy atom. The molecule has 1 aromatic rings. The molecule has 0 aliphatic heterocycles. The Kier molecular flexibility index (Phi) is 2.00. The van der Waals surface area contributed by atoms with E-state index in [-0.39, 0.29) is 0 Å². The fourth-order valence-electron chi connectivity index (χ4n) is 1.05. The van der Waals surface area contributed by atoms with Crippen molar-refractivity contribution in [3.05, 3.63) is 17.8 Å². The van der Waals surface area contributed by atoms with Gasteiger partial charge in [-0.25, -0.2) is 0 Å². The molecule has 0 aliphatic carbocycles. The molecule has 0 bridgehead atoms. The summed E-state index contributed by atoms with van der Waals surface area (Å²) in [5.41, 5.74) is 6.80. The van der Waals surface area contributed by atoms with E-state index in [4.69, 9.17) is 5.73 Å². The first-order valence-corrected chi connectivity index (χ1v) is 3.61. The molecule has 2 nitrogen and oxygen atoms in total. The van der Waals surface area contributed by atoms with Crippen molar-refractivity contribution in [3.8, 4) is 0 Å². The van der Waals surface area contributed by atoms with Crippen molar-refractivity contribution in [3.63, 3.8) is 0 Å². The van der Waals surface area contributed by atoms with Gasteiger partial charge in [0.2, 0.25) is 0 Å². The molecule has 0 spiro atoms. The average Bonchev–Trinajstić information content (AvgIpc) is 2.13. The summed E-state index contributed by atoms with van der Waals surface area (Å²) < 4.78 is 0. The Balaban J connectivity index is 2.58. The van der Waals surface area contributed by atoms with Gasteiger partial charge in [0, 0.05) is 6.20 Å². The van der Waals surface area contributed by atoms with Crippen LogP contribution in [-0.2, 0) is 6.42 Å². The number of H-pyrrole nitrogens is 1. The van der Waals surface area contributed by atoms with Crippen molar-refractivity contribution in [2.45, 2.75) is 20.3 Å². The standard InChI is InChI=1S/C8H14N2/c1-6(2)3-7-4-8(9)10-5-7/h4-6,10H,3,9H2,1-2H3. The first-order chi connectivity index (χ1) is 4.68. The lowest BCUT2D eigenvalue weighted by atomic mass is 10.1. The number of rotatable bonds is 2. The van der Waals surface area contributed by atoms with Gasteiger partial charge in [-0.1, -0.05) is 13.8 Å². The van der Waals surface area contributed by atoms with Crippen molar-refractivity contribution in [1.29, 1.82) is 0 Å². The van der Waals surface area contributed by atoms with Crippen LogP contribution < -0.4 is 5.73 Å². The minimum Gasteiger partial charge on any atom is -0.385 e. The van der Waals surface area contributed by atoms with Crippen molar-refractivity contribution in [1.82, 2.24) is 4.98 Å². The SMILES string of the molecule is CC(C)Cc1c[nH]c(N)c1. The third-order valence-corrected chi connectivity index (χ3v) is 1.41. The normalized spacial score (nSPS) is 10.7. The minimum absolute atomic E-state index is 0.704. The van der Waals surface area contributed by atoms with E-state index in [9.17, 15) is 0 Å². The van der Waals surface area contributed by atoms with Gasteiger partial charge in [0.1, 0.15) is 5.82 Å². The minimum atomic E-state index is 0.704. The maximum Gasteiger partial charge on any atom is 0.100 e. The molecule has 0 aliphatic rings. The summed E-state index contributed by atoms with van der Waals surface area (Å²) in [6.45, 7) is 4.40. The first kappa shape index (κ1) is 7.19. The summed E-state index contributed by atoms with van der Waals surface area (Å²) in [4.78, 5) is 2.95. The lowest BCUT2D eigenvalue weighted by molar-refractivity contribution is 0.648. The monoisotopic (exact) mass is 138 g/mol. The van der Waals surface area contributed by atoms with E-state index in [1.54, 1.807) is 0 Å². The van der Waals surface area contributed by atoms with E-state index >= 15 is 0 Å². The molecule has 0 unspecified atom stereocenters. The Morgan fingerprint density at radius 2 is 2.30 bits per heavy atom. The van der Waals surface area contributed by atoms with Crippen LogP contribution in [0.3, 0.4) is 0 Å². The molecule has 0 radical (unpaired) electrons. The second-order valence-electron chi connectivity index (χ2n) is 3.06. The van der Waals surface area contributed by atoms with Crippen LogP contribution >= 0.6 is 0 Å². The molecule has 56 valence electrons. The number of nitrogens with one attached hydrogen (secondary N) is 1. The molecule has 3 N–H and O–H groups in total. The zero-order valence-corrected chi connectivity index (χ0v) is 6.52. The zero-order chi connectivity index (χ0) is 7.56. The molecule has 1 rings (SSSR count). The van der Waals surface area contributed by atoms with Gasteiger partial charge in [-0.05, 0) is 24.0 Å². The van der Waals surface area contributed by atoms with Crippen molar-refractivity contribution in [2.75, 3.05) is 5.73 Å². The molecule has 10 heavy (non-hydrogen) atoms. The molecule has 1 heterocycles. The fourth-order valence-corrected chi connectivity index (χ4v) is 1.05. The van der Waals surface area contributed by atoms with E-state index in [1.807, 2.05) is 12.3 Å². The Bertz CT molecular complexity index is 201. The summed E-state index contributed by atoms with van der Waals surface area (Å²) in [5, 5.41) is 0. The first-order valence-electron chi connectivity index (χ1n) is 3.61. The Morgan fingerprint density at radius 3 is 2.70 bits per heavy atom. The van der Waals surface area contributed by atoms with Crippen LogP contribution in [0.4, 0.5) is 5.82 Å². The van der Waals surface area contributed by atoms with E-state index in [2.05, 4.69) is 18.8 Å². The molecular weight excluding hydrogens is 124 g/mol. The Labute approximate surface area is 61.4 Å². The summed E-state index contributed by atoms with van der Waals surface area (Å²) >= 11 is 0. The third kappa shape index (κ3) is 1.79. The summed E-state index contributed by atoms with van der Waals surface area (Å²) in [6, 6.07) is 1.99. The van der Waals surface area contributed by atoms with Crippen LogP contribution in [0.5, 0.6) is 0 Å². The van der Waals surface area contributed by atoms with E-state index in [0.29, 0.717) is 5.92 Å². The second-order valence-corrected chi connectivity index (χ2v) is 3.06. The fraction of sp³-hybridized carbons (Fsp3) is 0.500. The number of anilines is 1. The lowest BCUT2D eigenvalue weighted by Crippen LogP contribution is -1.91. The van der Waals surface area contributed by atoms with Crippen molar-refractivity contribution in [2.24, 2.45) is 5.92 Å². The summed E-state index contributed by atoms with van der Waals surface area (Å²) in [6.07, 6.45) is 3.07. The van der Waals surface area contributed by atoms with Crippen molar-refractivity contribution >= 4 is 5.82 Å². The predicted molar refractivity (Wildman–Crippen MR) is 43.7 cm³/mol. The van der Waals surface area contributed by atoms with Crippen molar-refractivity contribution < 1.29 is 0 Å². The number of hydrogen-bond acceptors (Lipinski definition) is 1. The molecule has 0 saturated heterocycles. The smallest absolute Gasteiger partial charge is 0.100 e. The van der Waals surface area contributed by atoms with Gasteiger partial charge >= 0.3 is 0 Å². The quantitative estimate of drug-likeness (QED) is 0.642. The molecule has 2 heteroatoms. The predicted octanol–water partition coefficient (Wildman–Crippen LogP) is 1.80. The second kappa shape index (κ2) is 2.78. The molecular formula is C8H14N2. The Hall–Kier alpha value is -0.920. The van der Waals surface area contributed by atoms with E-state index < -0.39 is 0 Å². The van der Waals surface area contributed by atoms with Gasteiger partial charge in [0.25, 0.3) is 0 Å². The largest absolute Gasteiger partial charge is 0.385 e. The highest BCUT2D eigenvalue weighted by Crippen LogP contribution is 2.09. The van der Waals surface area contributed by atoms with Gasteiger partial charge in [0.05, 0.1) is 0 Å². The van der Waals surface area contributed by atoms with Gasteiger partial charge < -0.3 is 10.7 Å². The van der Waals surface area contributed by atoms with Gasteiger partial charge in [0.15, 0.2) is 0 Å². The molecule has 0 fully saturated rings. The number of nitrogens with two attached hydrogens (primary N) is 1. The topological polar surface area (TPSA) is 41.8 Å². The highest BCUT2D eigenvalue weighted by atomic mass is 14.8. The highest BCUT2D eigenvalue weighted by Gasteiger charge is 1.98.